The molecule has 0 amide bonds. The van der Waals surface area contributed by atoms with E-state index >= 15 is 0 Å². The zero-order chi connectivity index (χ0) is 16.8. The van der Waals surface area contributed by atoms with Crippen molar-refractivity contribution in [2.24, 2.45) is 11.8 Å². The van der Waals surface area contributed by atoms with Gasteiger partial charge in [0.05, 0.1) is 18.1 Å². The molecule has 4 nitrogen and oxygen atoms in total. The first-order valence-corrected chi connectivity index (χ1v) is 8.42. The minimum absolute atomic E-state index is 0. The number of Topliss-reactive ketones (excluding diaryl/α,β-unsaturated/α-hetero) is 1. The van der Waals surface area contributed by atoms with Crippen LogP contribution in [-0.2, 0) is 0 Å². The molecule has 0 aliphatic heterocycles. The van der Waals surface area contributed by atoms with Crippen molar-refractivity contribution in [3.8, 4) is 0 Å². The third-order valence-electron chi connectivity index (χ3n) is 4.41. The maximum atomic E-state index is 12.1. The van der Waals surface area contributed by atoms with Crippen molar-refractivity contribution in [1.82, 2.24) is 0 Å². The van der Waals surface area contributed by atoms with E-state index in [0.29, 0.717) is 29.4 Å². The highest BCUT2D eigenvalue weighted by Gasteiger charge is 2.24. The molecule has 1 aliphatic carbocycles. The molecular formula is C17H29Cl2N3O. The Morgan fingerprint density at radius 1 is 1.30 bits per heavy atom. The average Bonchev–Trinajstić information content (AvgIpc) is 2.45. The van der Waals surface area contributed by atoms with E-state index in [0.717, 1.165) is 5.92 Å². The summed E-state index contributed by atoms with van der Waals surface area (Å²) in [4.78, 5) is 12.1. The van der Waals surface area contributed by atoms with Crippen molar-refractivity contribution in [2.45, 2.75) is 40.0 Å². The number of hydrogen-bond donors (Lipinski definition) is 2. The summed E-state index contributed by atoms with van der Waals surface area (Å²) < 4.78 is 0.222. The number of anilines is 1. The third kappa shape index (κ3) is 7.08. The summed E-state index contributed by atoms with van der Waals surface area (Å²) in [5.41, 5.74) is 6.61. The van der Waals surface area contributed by atoms with Crippen LogP contribution in [0.15, 0.2) is 18.2 Å². The van der Waals surface area contributed by atoms with Gasteiger partial charge in [0, 0.05) is 11.3 Å². The quantitative estimate of drug-likeness (QED) is 0.266. The Bertz CT molecular complexity index is 501. The zero-order valence-corrected chi connectivity index (χ0v) is 15.8. The molecule has 0 spiro atoms. The standard InChI is InChI=1S/C12H18ClN3O.C5H10.ClH/c1-3-16(15,4-2)8-12(17)10-6-5-9(14)7-11(10)13;1-5-3-2-4-5;/h5-7H,3-4,8,15H2,1-2H3,(H-,14,17);5H,2-4H2,1H3;1H. The van der Waals surface area contributed by atoms with E-state index in [-0.39, 0.29) is 29.3 Å². The van der Waals surface area contributed by atoms with Crippen LogP contribution in [0, 0.1) is 5.92 Å². The lowest BCUT2D eigenvalue weighted by Gasteiger charge is -2.29. The van der Waals surface area contributed by atoms with Gasteiger partial charge in [-0.25, -0.2) is 4.59 Å². The molecule has 0 unspecified atom stereocenters. The largest absolute Gasteiger partial charge is 1.00 e. The van der Waals surface area contributed by atoms with Crippen LogP contribution in [0.3, 0.4) is 0 Å². The van der Waals surface area contributed by atoms with Gasteiger partial charge in [-0.05, 0) is 38.0 Å². The first-order chi connectivity index (χ1) is 10.3. The molecule has 4 N–H and O–H groups in total. The fourth-order valence-electron chi connectivity index (χ4n) is 2.19. The van der Waals surface area contributed by atoms with Crippen LogP contribution in [-0.4, -0.2) is 30.0 Å². The first kappa shape index (κ1) is 22.2. The van der Waals surface area contributed by atoms with Gasteiger partial charge in [0.25, 0.3) is 0 Å². The van der Waals surface area contributed by atoms with Gasteiger partial charge in [0.1, 0.15) is 0 Å². The molecular weight excluding hydrogens is 333 g/mol. The number of ketones is 1. The van der Waals surface area contributed by atoms with Gasteiger partial charge in [-0.1, -0.05) is 37.8 Å². The maximum Gasteiger partial charge on any atom is 0.220 e. The van der Waals surface area contributed by atoms with Gasteiger partial charge in [0.2, 0.25) is 5.78 Å². The molecule has 2 rings (SSSR count). The fourth-order valence-corrected chi connectivity index (χ4v) is 2.48. The lowest BCUT2D eigenvalue weighted by atomic mass is 9.88. The number of hydrogen-bond acceptors (Lipinski definition) is 3. The Morgan fingerprint density at radius 2 is 1.83 bits per heavy atom. The number of nitrogen functional groups attached to an aromatic ring is 1. The van der Waals surface area contributed by atoms with Gasteiger partial charge in [-0.2, -0.15) is 5.84 Å². The number of carbonyl (C=O) groups excluding carboxylic acids is 1. The Hall–Kier alpha value is -0.810. The lowest BCUT2D eigenvalue weighted by Crippen LogP contribution is -3.00. The van der Waals surface area contributed by atoms with Gasteiger partial charge >= 0.3 is 0 Å². The molecule has 1 aromatic carbocycles. The Kier molecular flexibility index (Phi) is 9.78. The Labute approximate surface area is 151 Å². The highest BCUT2D eigenvalue weighted by Crippen LogP contribution is 2.24. The van der Waals surface area contributed by atoms with Gasteiger partial charge in [0.15, 0.2) is 6.54 Å². The van der Waals surface area contributed by atoms with Crippen molar-refractivity contribution in [2.75, 3.05) is 25.4 Å². The molecule has 0 atom stereocenters. The van der Waals surface area contributed by atoms with Crippen LogP contribution in [0.4, 0.5) is 5.69 Å². The first-order valence-electron chi connectivity index (χ1n) is 8.04. The topological polar surface area (TPSA) is 69.1 Å². The molecule has 1 fully saturated rings. The summed E-state index contributed by atoms with van der Waals surface area (Å²) in [6, 6.07) is 4.90. The summed E-state index contributed by atoms with van der Waals surface area (Å²) in [6.07, 6.45) is 4.46. The predicted molar refractivity (Wildman–Crippen MR) is 93.6 cm³/mol. The minimum atomic E-state index is -0.0544. The second-order valence-corrected chi connectivity index (χ2v) is 6.61. The van der Waals surface area contributed by atoms with E-state index in [4.69, 9.17) is 23.2 Å². The van der Waals surface area contributed by atoms with E-state index in [1.54, 1.807) is 18.2 Å². The average molecular weight is 362 g/mol. The van der Waals surface area contributed by atoms with Crippen LogP contribution in [0.5, 0.6) is 0 Å². The molecule has 6 heteroatoms. The Balaban J connectivity index is 0.000000684. The molecule has 1 saturated carbocycles. The molecule has 0 heterocycles. The van der Waals surface area contributed by atoms with Crippen LogP contribution < -0.4 is 24.0 Å². The third-order valence-corrected chi connectivity index (χ3v) is 4.72. The Morgan fingerprint density at radius 3 is 2.17 bits per heavy atom. The summed E-state index contributed by atoms with van der Waals surface area (Å²) >= 11 is 5.99. The zero-order valence-electron chi connectivity index (χ0n) is 14.3. The summed E-state index contributed by atoms with van der Waals surface area (Å²) in [6.45, 7) is 7.88. The van der Waals surface area contributed by atoms with E-state index < -0.39 is 0 Å². The molecule has 1 aliphatic rings. The van der Waals surface area contributed by atoms with Crippen LogP contribution in [0.1, 0.15) is 50.4 Å². The van der Waals surface area contributed by atoms with Crippen molar-refractivity contribution in [3.63, 3.8) is 0 Å². The molecule has 0 aromatic heterocycles. The van der Waals surface area contributed by atoms with Crippen LogP contribution in [0.2, 0.25) is 5.02 Å². The van der Waals surface area contributed by atoms with Crippen molar-refractivity contribution in [3.05, 3.63) is 28.8 Å². The number of halogens is 2. The summed E-state index contributed by atoms with van der Waals surface area (Å²) in [5, 5.41) is 0.383. The number of nitrogens with two attached hydrogens (primary N) is 2. The maximum absolute atomic E-state index is 12.1. The normalized spacial score (nSPS) is 14.1. The summed E-state index contributed by atoms with van der Waals surface area (Å²) in [5.74, 6) is 7.07. The minimum Gasteiger partial charge on any atom is -1.00 e. The van der Waals surface area contributed by atoms with E-state index in [1.807, 2.05) is 13.8 Å². The lowest BCUT2D eigenvalue weighted by molar-refractivity contribution is -0.928. The molecule has 0 saturated heterocycles. The molecule has 1 aromatic rings. The monoisotopic (exact) mass is 361 g/mol. The van der Waals surface area contributed by atoms with E-state index in [2.05, 4.69) is 6.92 Å². The second-order valence-electron chi connectivity index (χ2n) is 6.21. The number of likely N-dealkylation sites (N-methyl/N-ethyl adjacent to an activating group) is 1. The predicted octanol–water partition coefficient (Wildman–Crippen LogP) is 0.646. The van der Waals surface area contributed by atoms with Gasteiger partial charge < -0.3 is 18.1 Å². The summed E-state index contributed by atoms with van der Waals surface area (Å²) in [7, 11) is 0. The molecule has 132 valence electrons. The second kappa shape index (κ2) is 10.1. The highest BCUT2D eigenvalue weighted by atomic mass is 35.5. The SMILES string of the molecule is CC1CCC1.CC[N+](N)(CC)CC(=O)c1ccc(N)cc1Cl.[Cl-]. The number of carbonyl (C=O) groups is 1. The van der Waals surface area contributed by atoms with E-state index in [1.165, 1.54) is 19.3 Å². The smallest absolute Gasteiger partial charge is 0.220 e. The molecule has 0 bridgehead atoms. The van der Waals surface area contributed by atoms with E-state index in [9.17, 15) is 4.79 Å². The van der Waals surface area contributed by atoms with Crippen molar-refractivity contribution in [1.29, 1.82) is 0 Å². The number of quaternary nitrogens is 1. The number of rotatable bonds is 5. The molecule has 23 heavy (non-hydrogen) atoms. The molecule has 0 radical (unpaired) electrons. The van der Waals surface area contributed by atoms with Gasteiger partial charge in [-0.15, -0.1) is 0 Å². The highest BCUT2D eigenvalue weighted by molar-refractivity contribution is 6.34. The number of nitrogens with zero attached hydrogens (tertiary/aromatic N) is 1. The van der Waals surface area contributed by atoms with Crippen LogP contribution >= 0.6 is 11.6 Å². The number of benzene rings is 1. The van der Waals surface area contributed by atoms with Crippen molar-refractivity contribution >= 4 is 23.1 Å². The fraction of sp³-hybridized carbons (Fsp3) is 0.588. The van der Waals surface area contributed by atoms with Crippen molar-refractivity contribution < 1.29 is 21.8 Å². The van der Waals surface area contributed by atoms with Crippen LogP contribution in [0.25, 0.3) is 0 Å². The van der Waals surface area contributed by atoms with Gasteiger partial charge in [-0.3, -0.25) is 4.79 Å².